The molecule has 0 radical (unpaired) electrons. The van der Waals surface area contributed by atoms with Crippen molar-refractivity contribution in [3.05, 3.63) is 81.9 Å². The van der Waals surface area contributed by atoms with Gasteiger partial charge in [-0.05, 0) is 49.2 Å². The first-order chi connectivity index (χ1) is 11.9. The van der Waals surface area contributed by atoms with Gasteiger partial charge in [-0.15, -0.1) is 0 Å². The van der Waals surface area contributed by atoms with Crippen molar-refractivity contribution < 1.29 is 9.18 Å². The van der Waals surface area contributed by atoms with Gasteiger partial charge in [0.2, 0.25) is 0 Å². The fraction of sp³-hybridized carbons (Fsp3) is 0.150. The Morgan fingerprint density at radius 2 is 1.84 bits per heavy atom. The number of halogens is 2. The van der Waals surface area contributed by atoms with E-state index in [9.17, 15) is 9.18 Å². The highest BCUT2D eigenvalue weighted by Crippen LogP contribution is 2.33. The standard InChI is InChI=1S/C20H18ClFN2O/c1-12-18(15-6-4-8-17(22)10-15)19(20(23)25)13(2)24(12)11-14-5-3-7-16(21)9-14/h3-10H,11H2,1-2H3,(H2,23,25). The molecule has 0 saturated carbocycles. The summed E-state index contributed by atoms with van der Waals surface area (Å²) >= 11 is 6.07. The number of aromatic nitrogens is 1. The Kier molecular flexibility index (Phi) is 4.64. The van der Waals surface area contributed by atoms with Crippen molar-refractivity contribution in [1.29, 1.82) is 0 Å². The third-order valence-corrected chi connectivity index (χ3v) is 4.61. The average Bonchev–Trinajstić information content (AvgIpc) is 2.79. The van der Waals surface area contributed by atoms with E-state index in [1.807, 2.05) is 42.7 Å². The van der Waals surface area contributed by atoms with Crippen molar-refractivity contribution in [3.8, 4) is 11.1 Å². The molecule has 1 amide bonds. The molecular weight excluding hydrogens is 339 g/mol. The van der Waals surface area contributed by atoms with Crippen molar-refractivity contribution >= 4 is 17.5 Å². The minimum Gasteiger partial charge on any atom is -0.366 e. The van der Waals surface area contributed by atoms with Gasteiger partial charge in [0.15, 0.2) is 0 Å². The highest BCUT2D eigenvalue weighted by molar-refractivity contribution is 6.30. The highest BCUT2D eigenvalue weighted by atomic mass is 35.5. The number of hydrogen-bond donors (Lipinski definition) is 1. The predicted molar refractivity (Wildman–Crippen MR) is 98.4 cm³/mol. The Bertz CT molecular complexity index is 962. The highest BCUT2D eigenvalue weighted by Gasteiger charge is 2.22. The SMILES string of the molecule is Cc1c(C(N)=O)c(-c2cccc(F)c2)c(C)n1Cc1cccc(Cl)c1. The van der Waals surface area contributed by atoms with Crippen LogP contribution in [0, 0.1) is 19.7 Å². The smallest absolute Gasteiger partial charge is 0.251 e. The van der Waals surface area contributed by atoms with Gasteiger partial charge in [-0.3, -0.25) is 4.79 Å². The Hall–Kier alpha value is -2.59. The van der Waals surface area contributed by atoms with E-state index in [1.165, 1.54) is 12.1 Å². The van der Waals surface area contributed by atoms with E-state index < -0.39 is 5.91 Å². The van der Waals surface area contributed by atoms with E-state index in [-0.39, 0.29) is 5.82 Å². The summed E-state index contributed by atoms with van der Waals surface area (Å²) in [6.07, 6.45) is 0. The van der Waals surface area contributed by atoms with E-state index in [2.05, 4.69) is 0 Å². The zero-order valence-corrected chi connectivity index (χ0v) is 14.8. The minimum absolute atomic E-state index is 0.354. The average molecular weight is 357 g/mol. The fourth-order valence-corrected chi connectivity index (χ4v) is 3.45. The quantitative estimate of drug-likeness (QED) is 0.723. The van der Waals surface area contributed by atoms with Crippen molar-refractivity contribution in [1.82, 2.24) is 4.57 Å². The summed E-state index contributed by atoms with van der Waals surface area (Å²) in [6, 6.07) is 13.7. The van der Waals surface area contributed by atoms with E-state index in [0.717, 1.165) is 17.0 Å². The second-order valence-corrected chi connectivity index (χ2v) is 6.45. The summed E-state index contributed by atoms with van der Waals surface area (Å²) < 4.78 is 15.7. The lowest BCUT2D eigenvalue weighted by Gasteiger charge is -2.10. The molecule has 1 aromatic heterocycles. The molecule has 1 heterocycles. The zero-order chi connectivity index (χ0) is 18.1. The molecule has 25 heavy (non-hydrogen) atoms. The van der Waals surface area contributed by atoms with Gasteiger partial charge in [0, 0.05) is 28.5 Å². The van der Waals surface area contributed by atoms with Crippen molar-refractivity contribution in [2.24, 2.45) is 5.73 Å². The van der Waals surface area contributed by atoms with Crippen LogP contribution in [-0.4, -0.2) is 10.5 Å². The number of nitrogens with zero attached hydrogens (tertiary/aromatic N) is 1. The van der Waals surface area contributed by atoms with E-state index >= 15 is 0 Å². The lowest BCUT2D eigenvalue weighted by Crippen LogP contribution is -2.13. The summed E-state index contributed by atoms with van der Waals surface area (Å²) in [5.41, 5.74) is 9.98. The molecule has 0 unspecified atom stereocenters. The maximum atomic E-state index is 13.7. The minimum atomic E-state index is -0.523. The van der Waals surface area contributed by atoms with Crippen LogP contribution in [0.4, 0.5) is 4.39 Å². The van der Waals surface area contributed by atoms with Crippen LogP contribution in [0.2, 0.25) is 5.02 Å². The molecule has 0 saturated heterocycles. The number of carbonyl (C=O) groups excluding carboxylic acids is 1. The van der Waals surface area contributed by atoms with Gasteiger partial charge in [-0.2, -0.15) is 0 Å². The lowest BCUT2D eigenvalue weighted by atomic mass is 10.00. The normalized spacial score (nSPS) is 10.9. The fourth-order valence-electron chi connectivity index (χ4n) is 3.24. The van der Waals surface area contributed by atoms with Gasteiger partial charge >= 0.3 is 0 Å². The summed E-state index contributed by atoms with van der Waals surface area (Å²) in [7, 11) is 0. The maximum Gasteiger partial charge on any atom is 0.251 e. The van der Waals surface area contributed by atoms with Crippen molar-refractivity contribution in [2.75, 3.05) is 0 Å². The first-order valence-corrected chi connectivity index (χ1v) is 8.26. The maximum absolute atomic E-state index is 13.7. The summed E-state index contributed by atoms with van der Waals surface area (Å²) in [5.74, 6) is -0.878. The predicted octanol–water partition coefficient (Wildman–Crippen LogP) is 4.71. The Balaban J connectivity index is 2.18. The van der Waals surface area contributed by atoms with Crippen LogP contribution in [0.15, 0.2) is 48.5 Å². The van der Waals surface area contributed by atoms with Crippen LogP contribution < -0.4 is 5.73 Å². The van der Waals surface area contributed by atoms with Crippen LogP contribution in [0.5, 0.6) is 0 Å². The third kappa shape index (κ3) is 3.30. The number of nitrogens with two attached hydrogens (primary N) is 1. The van der Waals surface area contributed by atoms with E-state index in [1.54, 1.807) is 12.1 Å². The first-order valence-electron chi connectivity index (χ1n) is 7.88. The van der Waals surface area contributed by atoms with Crippen LogP contribution in [0.1, 0.15) is 27.3 Å². The van der Waals surface area contributed by atoms with Crippen LogP contribution in [-0.2, 0) is 6.54 Å². The lowest BCUT2D eigenvalue weighted by molar-refractivity contribution is 0.1000. The molecule has 0 spiro atoms. The number of benzene rings is 2. The van der Waals surface area contributed by atoms with Gasteiger partial charge in [0.25, 0.3) is 5.91 Å². The molecule has 128 valence electrons. The first kappa shape index (κ1) is 17.2. The summed E-state index contributed by atoms with van der Waals surface area (Å²) in [4.78, 5) is 12.1. The Morgan fingerprint density at radius 3 is 2.48 bits per heavy atom. The van der Waals surface area contributed by atoms with E-state index in [4.69, 9.17) is 17.3 Å². The summed E-state index contributed by atoms with van der Waals surface area (Å²) in [5, 5.41) is 0.653. The Labute approximate surface area is 150 Å². The number of hydrogen-bond acceptors (Lipinski definition) is 1. The molecule has 0 atom stereocenters. The molecule has 3 rings (SSSR count). The van der Waals surface area contributed by atoms with Crippen LogP contribution in [0.3, 0.4) is 0 Å². The molecule has 0 aliphatic heterocycles. The molecule has 0 bridgehead atoms. The topological polar surface area (TPSA) is 48.0 Å². The molecular formula is C20H18ClFN2O. The second kappa shape index (κ2) is 6.73. The van der Waals surface area contributed by atoms with Crippen molar-refractivity contribution in [3.63, 3.8) is 0 Å². The number of carbonyl (C=O) groups is 1. The molecule has 0 aliphatic carbocycles. The summed E-state index contributed by atoms with van der Waals surface area (Å²) in [6.45, 7) is 4.30. The molecule has 0 fully saturated rings. The van der Waals surface area contributed by atoms with Crippen LogP contribution >= 0.6 is 11.6 Å². The van der Waals surface area contributed by atoms with Gasteiger partial charge in [0.1, 0.15) is 5.82 Å². The van der Waals surface area contributed by atoms with Gasteiger partial charge < -0.3 is 10.3 Å². The molecule has 3 aromatic rings. The zero-order valence-electron chi connectivity index (χ0n) is 14.0. The van der Waals surface area contributed by atoms with Crippen LogP contribution in [0.25, 0.3) is 11.1 Å². The number of primary amides is 1. The molecule has 5 heteroatoms. The monoisotopic (exact) mass is 356 g/mol. The number of rotatable bonds is 4. The van der Waals surface area contributed by atoms with Crippen molar-refractivity contribution in [2.45, 2.75) is 20.4 Å². The van der Waals surface area contributed by atoms with Gasteiger partial charge in [-0.25, -0.2) is 4.39 Å². The molecule has 2 aromatic carbocycles. The molecule has 2 N–H and O–H groups in total. The number of amides is 1. The van der Waals surface area contributed by atoms with Gasteiger partial charge in [-0.1, -0.05) is 35.9 Å². The van der Waals surface area contributed by atoms with E-state index in [0.29, 0.717) is 28.3 Å². The second-order valence-electron chi connectivity index (χ2n) is 6.01. The third-order valence-electron chi connectivity index (χ3n) is 4.37. The molecule has 0 aliphatic rings. The van der Waals surface area contributed by atoms with Gasteiger partial charge in [0.05, 0.1) is 5.56 Å². The largest absolute Gasteiger partial charge is 0.366 e. The molecule has 3 nitrogen and oxygen atoms in total. The Morgan fingerprint density at radius 1 is 1.12 bits per heavy atom.